The van der Waals surface area contributed by atoms with Crippen molar-refractivity contribution < 1.29 is 4.39 Å². The van der Waals surface area contributed by atoms with E-state index in [1.54, 1.807) is 18.5 Å². The highest BCUT2D eigenvalue weighted by molar-refractivity contribution is 6.31. The predicted molar refractivity (Wildman–Crippen MR) is 85.1 cm³/mol. The number of halogens is 2. The molecular weight excluding hydrogens is 287 g/mol. The molecule has 112 valence electrons. The molecule has 0 aliphatic rings. The van der Waals surface area contributed by atoms with Crippen LogP contribution in [-0.4, -0.2) is 11.5 Å². The molecule has 1 unspecified atom stereocenters. The molecule has 0 saturated carbocycles. The van der Waals surface area contributed by atoms with E-state index in [1.807, 2.05) is 19.1 Å². The Labute approximate surface area is 130 Å². The molecule has 0 bridgehead atoms. The topological polar surface area (TPSA) is 24.9 Å². The van der Waals surface area contributed by atoms with E-state index in [4.69, 9.17) is 11.6 Å². The first-order valence-electron chi connectivity index (χ1n) is 7.19. The minimum Gasteiger partial charge on any atom is -0.310 e. The molecule has 0 radical (unpaired) electrons. The van der Waals surface area contributed by atoms with Crippen molar-refractivity contribution in [3.8, 4) is 0 Å². The fraction of sp³-hybridized carbons (Fsp3) is 0.353. The summed E-state index contributed by atoms with van der Waals surface area (Å²) in [5.41, 5.74) is 2.72. The maximum atomic E-state index is 14.2. The Morgan fingerprint density at radius 1 is 1.33 bits per heavy atom. The molecule has 1 aromatic heterocycles. The third-order valence-electron chi connectivity index (χ3n) is 3.45. The standard InChI is InChI=1S/C17H20ClFN2/c1-3-7-21-17(10-13-6-8-20-11-15(13)18)14-9-12(2)4-5-16(14)19/h4-6,8-9,11,17,21H,3,7,10H2,1-2H3. The van der Waals surface area contributed by atoms with Gasteiger partial charge in [-0.25, -0.2) is 4.39 Å². The van der Waals surface area contributed by atoms with E-state index in [9.17, 15) is 4.39 Å². The van der Waals surface area contributed by atoms with Gasteiger partial charge in [-0.05, 0) is 44.0 Å². The van der Waals surface area contributed by atoms with Crippen molar-refractivity contribution in [2.45, 2.75) is 32.7 Å². The van der Waals surface area contributed by atoms with Crippen molar-refractivity contribution in [3.63, 3.8) is 0 Å². The molecule has 2 rings (SSSR count). The highest BCUT2D eigenvalue weighted by Gasteiger charge is 2.17. The molecule has 4 heteroatoms. The first kappa shape index (κ1) is 15.9. The summed E-state index contributed by atoms with van der Waals surface area (Å²) < 4.78 is 14.2. The number of nitrogens with zero attached hydrogens (tertiary/aromatic N) is 1. The number of pyridine rings is 1. The Balaban J connectivity index is 2.30. The number of rotatable bonds is 6. The van der Waals surface area contributed by atoms with Crippen LogP contribution in [-0.2, 0) is 6.42 Å². The summed E-state index contributed by atoms with van der Waals surface area (Å²) in [6.07, 6.45) is 4.97. The van der Waals surface area contributed by atoms with Gasteiger partial charge in [-0.15, -0.1) is 0 Å². The molecule has 2 nitrogen and oxygen atoms in total. The van der Waals surface area contributed by atoms with Crippen molar-refractivity contribution >= 4 is 11.6 Å². The summed E-state index contributed by atoms with van der Waals surface area (Å²) in [7, 11) is 0. The highest BCUT2D eigenvalue weighted by atomic mass is 35.5. The first-order chi connectivity index (χ1) is 10.1. The number of hydrogen-bond acceptors (Lipinski definition) is 2. The minimum absolute atomic E-state index is 0.0928. The lowest BCUT2D eigenvalue weighted by Gasteiger charge is -2.20. The van der Waals surface area contributed by atoms with Gasteiger partial charge in [0.05, 0.1) is 5.02 Å². The van der Waals surface area contributed by atoms with Crippen LogP contribution in [0.15, 0.2) is 36.7 Å². The van der Waals surface area contributed by atoms with Gasteiger partial charge in [-0.1, -0.05) is 36.2 Å². The summed E-state index contributed by atoms with van der Waals surface area (Å²) in [5.74, 6) is -0.181. The Morgan fingerprint density at radius 2 is 2.14 bits per heavy atom. The van der Waals surface area contributed by atoms with Crippen LogP contribution in [0.25, 0.3) is 0 Å². The lowest BCUT2D eigenvalue weighted by atomic mass is 9.97. The minimum atomic E-state index is -0.181. The van der Waals surface area contributed by atoms with E-state index in [1.165, 1.54) is 6.07 Å². The number of nitrogens with one attached hydrogen (secondary N) is 1. The molecule has 0 aliphatic heterocycles. The summed E-state index contributed by atoms with van der Waals surface area (Å²) in [6, 6.07) is 7.01. The van der Waals surface area contributed by atoms with Gasteiger partial charge in [0, 0.05) is 24.0 Å². The maximum absolute atomic E-state index is 14.2. The average Bonchev–Trinajstić information content (AvgIpc) is 2.48. The predicted octanol–water partition coefficient (Wildman–Crippen LogP) is 4.47. The molecule has 1 atom stereocenters. The van der Waals surface area contributed by atoms with Crippen LogP contribution in [0.2, 0.25) is 5.02 Å². The number of benzene rings is 1. The molecule has 21 heavy (non-hydrogen) atoms. The quantitative estimate of drug-likeness (QED) is 0.852. The second-order valence-electron chi connectivity index (χ2n) is 5.20. The Kier molecular flexibility index (Phi) is 5.71. The van der Waals surface area contributed by atoms with Crippen LogP contribution >= 0.6 is 11.6 Å². The second kappa shape index (κ2) is 7.53. The smallest absolute Gasteiger partial charge is 0.128 e. The van der Waals surface area contributed by atoms with Gasteiger partial charge in [-0.2, -0.15) is 0 Å². The van der Waals surface area contributed by atoms with Gasteiger partial charge in [-0.3, -0.25) is 4.98 Å². The summed E-state index contributed by atoms with van der Waals surface area (Å²) in [4.78, 5) is 3.99. The van der Waals surface area contributed by atoms with Gasteiger partial charge >= 0.3 is 0 Å². The van der Waals surface area contributed by atoms with E-state index >= 15 is 0 Å². The van der Waals surface area contributed by atoms with E-state index < -0.39 is 0 Å². The third-order valence-corrected chi connectivity index (χ3v) is 3.79. The summed E-state index contributed by atoms with van der Waals surface area (Å²) >= 11 is 6.18. The van der Waals surface area contributed by atoms with Crippen LogP contribution in [0.3, 0.4) is 0 Å². The fourth-order valence-corrected chi connectivity index (χ4v) is 2.53. The Hall–Kier alpha value is -1.45. The van der Waals surface area contributed by atoms with Crippen molar-refractivity contribution in [3.05, 3.63) is 64.2 Å². The highest BCUT2D eigenvalue weighted by Crippen LogP contribution is 2.25. The van der Waals surface area contributed by atoms with E-state index in [-0.39, 0.29) is 11.9 Å². The van der Waals surface area contributed by atoms with Crippen molar-refractivity contribution in [1.82, 2.24) is 10.3 Å². The lowest BCUT2D eigenvalue weighted by Crippen LogP contribution is -2.25. The largest absolute Gasteiger partial charge is 0.310 e. The zero-order valence-electron chi connectivity index (χ0n) is 12.4. The van der Waals surface area contributed by atoms with Crippen molar-refractivity contribution in [1.29, 1.82) is 0 Å². The molecule has 1 heterocycles. The third kappa shape index (κ3) is 4.26. The molecule has 0 aliphatic carbocycles. The van der Waals surface area contributed by atoms with Crippen molar-refractivity contribution in [2.75, 3.05) is 6.54 Å². The van der Waals surface area contributed by atoms with E-state index in [2.05, 4.69) is 17.2 Å². The fourth-order valence-electron chi connectivity index (χ4n) is 2.33. The summed E-state index contributed by atoms with van der Waals surface area (Å²) in [5, 5.41) is 4.03. The van der Waals surface area contributed by atoms with Crippen LogP contribution in [0.5, 0.6) is 0 Å². The van der Waals surface area contributed by atoms with Gasteiger partial charge in [0.1, 0.15) is 5.82 Å². The normalized spacial score (nSPS) is 12.4. The molecule has 0 fully saturated rings. The Bertz CT molecular complexity index is 601. The molecule has 1 aromatic carbocycles. The SMILES string of the molecule is CCCNC(Cc1ccncc1Cl)c1cc(C)ccc1F. The van der Waals surface area contributed by atoms with Gasteiger partial charge in [0.2, 0.25) is 0 Å². The van der Waals surface area contributed by atoms with Gasteiger partial charge in [0.25, 0.3) is 0 Å². The van der Waals surface area contributed by atoms with Crippen LogP contribution in [0, 0.1) is 12.7 Å². The first-order valence-corrected chi connectivity index (χ1v) is 7.57. The lowest BCUT2D eigenvalue weighted by molar-refractivity contribution is 0.496. The van der Waals surface area contributed by atoms with Crippen LogP contribution < -0.4 is 5.32 Å². The number of aromatic nitrogens is 1. The van der Waals surface area contributed by atoms with Crippen molar-refractivity contribution in [2.24, 2.45) is 0 Å². The zero-order chi connectivity index (χ0) is 15.2. The van der Waals surface area contributed by atoms with Gasteiger partial charge < -0.3 is 5.32 Å². The average molecular weight is 307 g/mol. The molecule has 0 spiro atoms. The molecular formula is C17H20ClFN2. The maximum Gasteiger partial charge on any atom is 0.128 e. The zero-order valence-corrected chi connectivity index (χ0v) is 13.1. The van der Waals surface area contributed by atoms with Crippen LogP contribution in [0.4, 0.5) is 4.39 Å². The number of aryl methyl sites for hydroxylation is 1. The molecule has 2 aromatic rings. The van der Waals surface area contributed by atoms with Crippen LogP contribution in [0.1, 0.15) is 36.1 Å². The Morgan fingerprint density at radius 3 is 2.86 bits per heavy atom. The molecule has 1 N–H and O–H groups in total. The number of hydrogen-bond donors (Lipinski definition) is 1. The van der Waals surface area contributed by atoms with E-state index in [0.29, 0.717) is 17.0 Å². The monoisotopic (exact) mass is 306 g/mol. The van der Waals surface area contributed by atoms with E-state index in [0.717, 1.165) is 24.1 Å². The van der Waals surface area contributed by atoms with Gasteiger partial charge in [0.15, 0.2) is 0 Å². The molecule has 0 saturated heterocycles. The second-order valence-corrected chi connectivity index (χ2v) is 5.61. The summed E-state index contributed by atoms with van der Waals surface area (Å²) in [6.45, 7) is 4.90. The molecule has 0 amide bonds.